The van der Waals surface area contributed by atoms with Gasteiger partial charge in [-0.25, -0.2) is 5.48 Å². The molecule has 0 bridgehead atoms. The fourth-order valence-corrected chi connectivity index (χ4v) is 1.66. The summed E-state index contributed by atoms with van der Waals surface area (Å²) in [5, 5.41) is 10.6. The summed E-state index contributed by atoms with van der Waals surface area (Å²) in [5.74, 6) is -1.03. The van der Waals surface area contributed by atoms with Gasteiger partial charge in [0.1, 0.15) is 4.47 Å². The van der Waals surface area contributed by atoms with Crippen LogP contribution < -0.4 is 5.48 Å². The maximum atomic E-state index is 11.8. The van der Waals surface area contributed by atoms with E-state index in [1.165, 1.54) is 12.1 Å². The van der Waals surface area contributed by atoms with Crippen LogP contribution in [0.4, 0.5) is 18.9 Å². The van der Waals surface area contributed by atoms with Crippen molar-refractivity contribution in [3.63, 3.8) is 0 Å². The maximum Gasteiger partial charge on any atom is 0.414 e. The number of nitrogens with zero attached hydrogens (tertiary/aromatic N) is 1. The van der Waals surface area contributed by atoms with Crippen molar-refractivity contribution >= 4 is 27.5 Å². The molecule has 10 heteroatoms. The van der Waals surface area contributed by atoms with Gasteiger partial charge in [0.05, 0.1) is 10.5 Å². The second-order valence-corrected chi connectivity index (χ2v) is 4.02. The first-order chi connectivity index (χ1) is 8.72. The molecule has 0 unspecified atom stereocenters. The minimum absolute atomic E-state index is 0.145. The molecule has 0 saturated carbocycles. The highest BCUT2D eigenvalue weighted by Gasteiger charge is 2.28. The van der Waals surface area contributed by atoms with E-state index in [9.17, 15) is 28.1 Å². The standard InChI is InChI=1S/C9H6BrF3N2O4/c10-7-5(2-1-3-6(7)15(17)18)8(16)14-19-4-9(11,12)13/h1-3H,4H2,(H,14,16). The van der Waals surface area contributed by atoms with E-state index in [4.69, 9.17) is 0 Å². The van der Waals surface area contributed by atoms with Crippen LogP contribution in [-0.4, -0.2) is 23.6 Å². The first-order valence-electron chi connectivity index (χ1n) is 4.64. The van der Waals surface area contributed by atoms with Crippen LogP contribution in [0.3, 0.4) is 0 Å². The topological polar surface area (TPSA) is 81.5 Å². The number of hydrogen-bond acceptors (Lipinski definition) is 4. The lowest BCUT2D eigenvalue weighted by molar-refractivity contribution is -0.385. The summed E-state index contributed by atoms with van der Waals surface area (Å²) in [5.41, 5.74) is 0.954. The number of nitrogens with one attached hydrogen (secondary N) is 1. The predicted molar refractivity (Wildman–Crippen MR) is 60.3 cm³/mol. The zero-order valence-corrected chi connectivity index (χ0v) is 10.6. The van der Waals surface area contributed by atoms with Gasteiger partial charge in [0.15, 0.2) is 6.61 Å². The highest BCUT2D eigenvalue weighted by atomic mass is 79.9. The molecular weight excluding hydrogens is 337 g/mol. The molecule has 0 saturated heterocycles. The SMILES string of the molecule is O=C(NOCC(F)(F)F)c1cccc([N+](=O)[O-])c1Br. The van der Waals surface area contributed by atoms with Crippen molar-refractivity contribution in [2.75, 3.05) is 6.61 Å². The van der Waals surface area contributed by atoms with E-state index in [0.29, 0.717) is 0 Å². The van der Waals surface area contributed by atoms with E-state index in [1.807, 2.05) is 0 Å². The molecule has 1 aromatic carbocycles. The van der Waals surface area contributed by atoms with Gasteiger partial charge in [-0.05, 0) is 22.0 Å². The van der Waals surface area contributed by atoms with Crippen molar-refractivity contribution < 1.29 is 27.7 Å². The summed E-state index contributed by atoms with van der Waals surface area (Å²) in [6.07, 6.45) is -4.59. The number of carbonyl (C=O) groups excluding carboxylic acids is 1. The molecular formula is C9H6BrF3N2O4. The van der Waals surface area contributed by atoms with E-state index in [2.05, 4.69) is 20.8 Å². The summed E-state index contributed by atoms with van der Waals surface area (Å²) < 4.78 is 35.2. The third-order valence-electron chi connectivity index (χ3n) is 1.82. The van der Waals surface area contributed by atoms with E-state index >= 15 is 0 Å². The number of benzene rings is 1. The number of nitro groups is 1. The Morgan fingerprint density at radius 1 is 1.47 bits per heavy atom. The number of nitro benzene ring substituents is 1. The zero-order chi connectivity index (χ0) is 14.6. The van der Waals surface area contributed by atoms with Crippen LogP contribution in [-0.2, 0) is 4.84 Å². The molecule has 19 heavy (non-hydrogen) atoms. The van der Waals surface area contributed by atoms with Gasteiger partial charge in [0.2, 0.25) is 0 Å². The normalized spacial score (nSPS) is 11.2. The second-order valence-electron chi connectivity index (χ2n) is 3.23. The van der Waals surface area contributed by atoms with Crippen LogP contribution in [0.5, 0.6) is 0 Å². The quantitative estimate of drug-likeness (QED) is 0.673. The molecule has 6 nitrogen and oxygen atoms in total. The molecule has 0 aliphatic heterocycles. The number of amides is 1. The van der Waals surface area contributed by atoms with Gasteiger partial charge in [-0.3, -0.25) is 19.7 Å². The van der Waals surface area contributed by atoms with Gasteiger partial charge >= 0.3 is 6.18 Å². The molecule has 1 aromatic rings. The molecule has 1 amide bonds. The monoisotopic (exact) mass is 342 g/mol. The van der Waals surface area contributed by atoms with Crippen molar-refractivity contribution in [1.82, 2.24) is 5.48 Å². The van der Waals surface area contributed by atoms with Crippen LogP contribution in [0.2, 0.25) is 0 Å². The average molecular weight is 343 g/mol. The molecule has 0 aliphatic rings. The van der Waals surface area contributed by atoms with Crippen molar-refractivity contribution in [3.05, 3.63) is 38.3 Å². The largest absolute Gasteiger partial charge is 0.414 e. The summed E-state index contributed by atoms with van der Waals surface area (Å²) in [6, 6.07) is 3.56. The van der Waals surface area contributed by atoms with Crippen LogP contribution in [0.25, 0.3) is 0 Å². The first-order valence-corrected chi connectivity index (χ1v) is 5.43. The van der Waals surface area contributed by atoms with E-state index < -0.39 is 23.6 Å². The molecule has 1 N–H and O–H groups in total. The highest BCUT2D eigenvalue weighted by molar-refractivity contribution is 9.10. The number of rotatable bonds is 4. The summed E-state index contributed by atoms with van der Waals surface area (Å²) in [7, 11) is 0. The average Bonchev–Trinajstić information content (AvgIpc) is 2.26. The summed E-state index contributed by atoms with van der Waals surface area (Å²) >= 11 is 2.83. The molecule has 0 fully saturated rings. The fourth-order valence-electron chi connectivity index (χ4n) is 1.07. The molecule has 0 aromatic heterocycles. The van der Waals surface area contributed by atoms with Crippen LogP contribution in [0, 0.1) is 10.1 Å². The molecule has 104 valence electrons. The Bertz CT molecular complexity index is 507. The lowest BCUT2D eigenvalue weighted by atomic mass is 10.2. The van der Waals surface area contributed by atoms with Crippen LogP contribution in [0.1, 0.15) is 10.4 Å². The lowest BCUT2D eigenvalue weighted by Gasteiger charge is -2.09. The van der Waals surface area contributed by atoms with E-state index in [-0.39, 0.29) is 15.7 Å². The Hall–Kier alpha value is -1.68. The summed E-state index contributed by atoms with van der Waals surface area (Å²) in [4.78, 5) is 25.3. The molecule has 0 radical (unpaired) electrons. The van der Waals surface area contributed by atoms with Crippen molar-refractivity contribution in [2.24, 2.45) is 0 Å². The second kappa shape index (κ2) is 5.97. The Morgan fingerprint density at radius 3 is 2.63 bits per heavy atom. The summed E-state index contributed by atoms with van der Waals surface area (Å²) in [6.45, 7) is -1.66. The number of hydrogen-bond donors (Lipinski definition) is 1. The number of halogens is 4. The van der Waals surface area contributed by atoms with Gasteiger partial charge in [-0.2, -0.15) is 13.2 Å². The third kappa shape index (κ3) is 4.48. The van der Waals surface area contributed by atoms with Gasteiger partial charge in [-0.1, -0.05) is 6.07 Å². The smallest absolute Gasteiger partial charge is 0.267 e. The minimum atomic E-state index is -4.59. The van der Waals surface area contributed by atoms with Gasteiger partial charge in [-0.15, -0.1) is 0 Å². The van der Waals surface area contributed by atoms with Crippen LogP contribution >= 0.6 is 15.9 Å². The Morgan fingerprint density at radius 2 is 2.11 bits per heavy atom. The molecule has 0 atom stereocenters. The fraction of sp³-hybridized carbons (Fsp3) is 0.222. The van der Waals surface area contributed by atoms with Gasteiger partial charge in [0.25, 0.3) is 11.6 Å². The predicted octanol–water partition coefficient (Wildman–Crippen LogP) is 2.58. The first kappa shape index (κ1) is 15.4. The maximum absolute atomic E-state index is 11.8. The number of carbonyl (C=O) groups is 1. The molecule has 1 rings (SSSR count). The number of hydroxylamine groups is 1. The molecule has 0 spiro atoms. The molecule has 0 heterocycles. The van der Waals surface area contributed by atoms with Crippen LogP contribution in [0.15, 0.2) is 22.7 Å². The van der Waals surface area contributed by atoms with E-state index in [1.54, 1.807) is 5.48 Å². The van der Waals surface area contributed by atoms with Crippen molar-refractivity contribution in [1.29, 1.82) is 0 Å². The Balaban J connectivity index is 2.78. The Labute approximate surface area is 112 Å². The van der Waals surface area contributed by atoms with Crippen molar-refractivity contribution in [3.8, 4) is 0 Å². The third-order valence-corrected chi connectivity index (χ3v) is 2.65. The van der Waals surface area contributed by atoms with Gasteiger partial charge < -0.3 is 0 Å². The highest BCUT2D eigenvalue weighted by Crippen LogP contribution is 2.28. The number of alkyl halides is 3. The minimum Gasteiger partial charge on any atom is -0.267 e. The molecule has 0 aliphatic carbocycles. The lowest BCUT2D eigenvalue weighted by Crippen LogP contribution is -2.29. The van der Waals surface area contributed by atoms with Gasteiger partial charge in [0, 0.05) is 6.07 Å². The van der Waals surface area contributed by atoms with Crippen molar-refractivity contribution in [2.45, 2.75) is 6.18 Å². The Kier molecular flexibility index (Phi) is 4.84. The van der Waals surface area contributed by atoms with E-state index in [0.717, 1.165) is 6.07 Å². The zero-order valence-electron chi connectivity index (χ0n) is 9.03.